The highest BCUT2D eigenvalue weighted by Gasteiger charge is 2.02. The molecule has 0 bridgehead atoms. The summed E-state index contributed by atoms with van der Waals surface area (Å²) in [5.74, 6) is 0.957. The Labute approximate surface area is 90.8 Å². The summed E-state index contributed by atoms with van der Waals surface area (Å²) in [7, 11) is 0. The molecule has 0 saturated heterocycles. The third kappa shape index (κ3) is 3.27. The number of nitrogen functional groups attached to an aromatic ring is 1. The van der Waals surface area contributed by atoms with E-state index in [0.717, 1.165) is 36.3 Å². The summed E-state index contributed by atoms with van der Waals surface area (Å²) in [6.07, 6.45) is 2.19. The summed E-state index contributed by atoms with van der Waals surface area (Å²) in [5.41, 5.74) is 7.19. The molecule has 3 heteroatoms. The van der Waals surface area contributed by atoms with Crippen molar-refractivity contribution in [3.63, 3.8) is 0 Å². The van der Waals surface area contributed by atoms with Gasteiger partial charge in [-0.2, -0.15) is 0 Å². The van der Waals surface area contributed by atoms with Gasteiger partial charge in [0.15, 0.2) is 0 Å². The average molecular weight is 206 g/mol. The Bertz CT molecular complexity index is 347. The first kappa shape index (κ1) is 11.6. The van der Waals surface area contributed by atoms with Crippen molar-refractivity contribution < 1.29 is 4.74 Å². The SMILES string of the molecule is CCCCOc1ccc(C(=N)N)c(C)c1. The van der Waals surface area contributed by atoms with Crippen LogP contribution in [0, 0.1) is 12.3 Å². The van der Waals surface area contributed by atoms with E-state index in [4.69, 9.17) is 15.9 Å². The van der Waals surface area contributed by atoms with Crippen LogP contribution >= 0.6 is 0 Å². The van der Waals surface area contributed by atoms with Gasteiger partial charge in [0.1, 0.15) is 11.6 Å². The molecule has 0 fully saturated rings. The van der Waals surface area contributed by atoms with Crippen molar-refractivity contribution in [2.45, 2.75) is 26.7 Å². The van der Waals surface area contributed by atoms with E-state index in [-0.39, 0.29) is 5.84 Å². The highest BCUT2D eigenvalue weighted by Crippen LogP contribution is 2.17. The standard InChI is InChI=1S/C12H18N2O/c1-3-4-7-15-10-5-6-11(12(13)14)9(2)8-10/h5-6,8H,3-4,7H2,1-2H3,(H3,13,14). The smallest absolute Gasteiger partial charge is 0.123 e. The number of unbranched alkanes of at least 4 members (excludes halogenated alkanes) is 1. The number of hydrogen-bond donors (Lipinski definition) is 2. The number of aryl methyl sites for hydroxylation is 1. The molecule has 3 N–H and O–H groups in total. The fourth-order valence-corrected chi connectivity index (χ4v) is 1.36. The molecule has 0 aliphatic rings. The number of hydrogen-bond acceptors (Lipinski definition) is 2. The zero-order valence-corrected chi connectivity index (χ0v) is 9.34. The number of ether oxygens (including phenoxy) is 1. The Kier molecular flexibility index (Phi) is 4.16. The van der Waals surface area contributed by atoms with Crippen molar-refractivity contribution in [1.82, 2.24) is 0 Å². The molecular formula is C12H18N2O. The van der Waals surface area contributed by atoms with E-state index in [0.29, 0.717) is 0 Å². The van der Waals surface area contributed by atoms with Gasteiger partial charge in [-0.15, -0.1) is 0 Å². The maximum atomic E-state index is 7.35. The summed E-state index contributed by atoms with van der Waals surface area (Å²) in [6.45, 7) is 4.81. The van der Waals surface area contributed by atoms with E-state index in [9.17, 15) is 0 Å². The molecular weight excluding hydrogens is 188 g/mol. The molecule has 0 amide bonds. The Morgan fingerprint density at radius 1 is 1.47 bits per heavy atom. The molecule has 1 rings (SSSR count). The molecule has 82 valence electrons. The predicted molar refractivity (Wildman–Crippen MR) is 62.6 cm³/mol. The van der Waals surface area contributed by atoms with Gasteiger partial charge in [0.05, 0.1) is 6.61 Å². The lowest BCUT2D eigenvalue weighted by Gasteiger charge is -2.08. The highest BCUT2D eigenvalue weighted by molar-refractivity contribution is 5.96. The highest BCUT2D eigenvalue weighted by atomic mass is 16.5. The van der Waals surface area contributed by atoms with Crippen molar-refractivity contribution in [2.75, 3.05) is 6.61 Å². The number of benzene rings is 1. The predicted octanol–water partition coefficient (Wildman–Crippen LogP) is 2.46. The van der Waals surface area contributed by atoms with Gasteiger partial charge in [-0.05, 0) is 37.1 Å². The van der Waals surface area contributed by atoms with Crippen LogP contribution < -0.4 is 10.5 Å². The van der Waals surface area contributed by atoms with Crippen molar-refractivity contribution >= 4 is 5.84 Å². The lowest BCUT2D eigenvalue weighted by molar-refractivity contribution is 0.309. The number of amidine groups is 1. The van der Waals surface area contributed by atoms with E-state index in [1.807, 2.05) is 25.1 Å². The van der Waals surface area contributed by atoms with Crippen LogP contribution in [-0.2, 0) is 0 Å². The average Bonchev–Trinajstić information content (AvgIpc) is 2.17. The largest absolute Gasteiger partial charge is 0.494 e. The first-order valence-corrected chi connectivity index (χ1v) is 5.23. The molecule has 3 nitrogen and oxygen atoms in total. The molecule has 0 aliphatic heterocycles. The minimum absolute atomic E-state index is 0.104. The zero-order valence-electron chi connectivity index (χ0n) is 9.34. The second kappa shape index (κ2) is 5.39. The molecule has 0 atom stereocenters. The van der Waals surface area contributed by atoms with Crippen molar-refractivity contribution in [3.8, 4) is 5.75 Å². The maximum absolute atomic E-state index is 7.35. The summed E-state index contributed by atoms with van der Waals surface area (Å²) >= 11 is 0. The van der Waals surface area contributed by atoms with Gasteiger partial charge in [-0.1, -0.05) is 13.3 Å². The molecule has 1 aromatic carbocycles. The van der Waals surface area contributed by atoms with Crippen LogP contribution in [0.25, 0.3) is 0 Å². The van der Waals surface area contributed by atoms with E-state index >= 15 is 0 Å². The molecule has 0 aliphatic carbocycles. The first-order valence-electron chi connectivity index (χ1n) is 5.23. The van der Waals surface area contributed by atoms with Crippen LogP contribution in [0.3, 0.4) is 0 Å². The van der Waals surface area contributed by atoms with Crippen LogP contribution in [0.4, 0.5) is 0 Å². The van der Waals surface area contributed by atoms with Crippen LogP contribution in [0.2, 0.25) is 0 Å². The molecule has 0 aromatic heterocycles. The molecule has 0 heterocycles. The Balaban J connectivity index is 2.69. The topological polar surface area (TPSA) is 59.1 Å². The van der Waals surface area contributed by atoms with E-state index in [1.165, 1.54) is 0 Å². The second-order valence-electron chi connectivity index (χ2n) is 3.59. The Hall–Kier alpha value is -1.51. The van der Waals surface area contributed by atoms with Crippen LogP contribution in [-0.4, -0.2) is 12.4 Å². The van der Waals surface area contributed by atoms with Crippen molar-refractivity contribution in [1.29, 1.82) is 5.41 Å². The quantitative estimate of drug-likeness (QED) is 0.441. The van der Waals surface area contributed by atoms with E-state index < -0.39 is 0 Å². The summed E-state index contributed by atoms with van der Waals surface area (Å²) in [4.78, 5) is 0. The lowest BCUT2D eigenvalue weighted by atomic mass is 10.1. The summed E-state index contributed by atoms with van der Waals surface area (Å²) in [5, 5.41) is 7.35. The zero-order chi connectivity index (χ0) is 11.3. The molecule has 15 heavy (non-hydrogen) atoms. The normalized spacial score (nSPS) is 10.0. The Morgan fingerprint density at radius 2 is 2.20 bits per heavy atom. The monoisotopic (exact) mass is 206 g/mol. The molecule has 0 unspecified atom stereocenters. The van der Waals surface area contributed by atoms with Gasteiger partial charge in [-0.25, -0.2) is 0 Å². The van der Waals surface area contributed by atoms with Gasteiger partial charge in [0, 0.05) is 5.56 Å². The summed E-state index contributed by atoms with van der Waals surface area (Å²) < 4.78 is 5.55. The van der Waals surface area contributed by atoms with Gasteiger partial charge < -0.3 is 10.5 Å². The maximum Gasteiger partial charge on any atom is 0.123 e. The summed E-state index contributed by atoms with van der Waals surface area (Å²) in [6, 6.07) is 5.62. The number of rotatable bonds is 5. The third-order valence-corrected chi connectivity index (χ3v) is 2.25. The minimum atomic E-state index is 0.104. The molecule has 0 spiro atoms. The first-order chi connectivity index (χ1) is 7.15. The van der Waals surface area contributed by atoms with E-state index in [2.05, 4.69) is 6.92 Å². The fraction of sp³-hybridized carbons (Fsp3) is 0.417. The van der Waals surface area contributed by atoms with Crippen LogP contribution in [0.1, 0.15) is 30.9 Å². The van der Waals surface area contributed by atoms with Gasteiger partial charge in [0.25, 0.3) is 0 Å². The van der Waals surface area contributed by atoms with Crippen molar-refractivity contribution in [2.24, 2.45) is 5.73 Å². The van der Waals surface area contributed by atoms with Gasteiger partial charge in [0.2, 0.25) is 0 Å². The van der Waals surface area contributed by atoms with E-state index in [1.54, 1.807) is 0 Å². The number of nitrogens with one attached hydrogen (secondary N) is 1. The lowest BCUT2D eigenvalue weighted by Crippen LogP contribution is -2.12. The Morgan fingerprint density at radius 3 is 2.73 bits per heavy atom. The molecule has 0 radical (unpaired) electrons. The van der Waals surface area contributed by atoms with Gasteiger partial charge >= 0.3 is 0 Å². The van der Waals surface area contributed by atoms with Crippen LogP contribution in [0.15, 0.2) is 18.2 Å². The van der Waals surface area contributed by atoms with Crippen molar-refractivity contribution in [3.05, 3.63) is 29.3 Å². The molecule has 0 saturated carbocycles. The number of nitrogens with two attached hydrogens (primary N) is 1. The second-order valence-corrected chi connectivity index (χ2v) is 3.59. The minimum Gasteiger partial charge on any atom is -0.494 e. The fourth-order valence-electron chi connectivity index (χ4n) is 1.36. The van der Waals surface area contributed by atoms with Gasteiger partial charge in [-0.3, -0.25) is 5.41 Å². The third-order valence-electron chi connectivity index (χ3n) is 2.25. The molecule has 1 aromatic rings. The van der Waals surface area contributed by atoms with Crippen LogP contribution in [0.5, 0.6) is 5.75 Å².